The summed E-state index contributed by atoms with van der Waals surface area (Å²) >= 11 is 0. The SMILES string of the molecule is Cc1c[nH]c(=O)c2c3c([nH]c12)CCc1ccccc1-3. The van der Waals surface area contributed by atoms with Gasteiger partial charge in [-0.1, -0.05) is 24.3 Å². The minimum atomic E-state index is -0.00481. The van der Waals surface area contributed by atoms with Gasteiger partial charge in [0, 0.05) is 17.5 Å². The topological polar surface area (TPSA) is 48.6 Å². The van der Waals surface area contributed by atoms with E-state index in [0.29, 0.717) is 0 Å². The van der Waals surface area contributed by atoms with E-state index in [1.54, 1.807) is 6.20 Å². The first-order chi connectivity index (χ1) is 9.25. The van der Waals surface area contributed by atoms with Crippen molar-refractivity contribution < 1.29 is 0 Å². The molecule has 1 aromatic carbocycles. The summed E-state index contributed by atoms with van der Waals surface area (Å²) in [5.41, 5.74) is 6.87. The summed E-state index contributed by atoms with van der Waals surface area (Å²) in [6.07, 6.45) is 3.78. The smallest absolute Gasteiger partial charge is 0.258 e. The number of hydrogen-bond acceptors (Lipinski definition) is 1. The van der Waals surface area contributed by atoms with Crippen molar-refractivity contribution in [3.8, 4) is 11.1 Å². The summed E-state index contributed by atoms with van der Waals surface area (Å²) in [4.78, 5) is 18.5. The molecule has 3 nitrogen and oxygen atoms in total. The van der Waals surface area contributed by atoms with Crippen molar-refractivity contribution in [1.82, 2.24) is 9.97 Å². The average molecular weight is 250 g/mol. The summed E-state index contributed by atoms with van der Waals surface area (Å²) < 4.78 is 0. The maximum absolute atomic E-state index is 12.2. The molecule has 2 N–H and O–H groups in total. The molecule has 1 aliphatic rings. The number of aromatic nitrogens is 2. The quantitative estimate of drug-likeness (QED) is 0.633. The van der Waals surface area contributed by atoms with Gasteiger partial charge in [0.1, 0.15) is 0 Å². The fraction of sp³-hybridized carbons (Fsp3) is 0.188. The van der Waals surface area contributed by atoms with Crippen molar-refractivity contribution >= 4 is 10.9 Å². The predicted octanol–water partition coefficient (Wildman–Crippen LogP) is 2.93. The van der Waals surface area contributed by atoms with E-state index in [-0.39, 0.29) is 5.56 Å². The van der Waals surface area contributed by atoms with Gasteiger partial charge < -0.3 is 9.97 Å². The van der Waals surface area contributed by atoms with Crippen LogP contribution in [0.25, 0.3) is 22.0 Å². The summed E-state index contributed by atoms with van der Waals surface area (Å²) in [7, 11) is 0. The van der Waals surface area contributed by atoms with Crippen LogP contribution in [0, 0.1) is 6.92 Å². The Balaban J connectivity index is 2.21. The van der Waals surface area contributed by atoms with Gasteiger partial charge in [0.15, 0.2) is 0 Å². The molecule has 4 rings (SSSR count). The first-order valence-electron chi connectivity index (χ1n) is 6.57. The second-order valence-electron chi connectivity index (χ2n) is 5.19. The zero-order valence-electron chi connectivity index (χ0n) is 10.7. The van der Waals surface area contributed by atoms with Gasteiger partial charge in [0.2, 0.25) is 0 Å². The van der Waals surface area contributed by atoms with Gasteiger partial charge in [0.25, 0.3) is 5.56 Å². The van der Waals surface area contributed by atoms with E-state index < -0.39 is 0 Å². The lowest BCUT2D eigenvalue weighted by Gasteiger charge is -2.16. The maximum Gasteiger partial charge on any atom is 0.258 e. The van der Waals surface area contributed by atoms with E-state index in [2.05, 4.69) is 28.2 Å². The molecular formula is C16H14N2O. The molecule has 0 aliphatic heterocycles. The molecular weight excluding hydrogens is 236 g/mol. The van der Waals surface area contributed by atoms with Crippen molar-refractivity contribution in [2.24, 2.45) is 0 Å². The first kappa shape index (κ1) is 10.6. The lowest BCUT2D eigenvalue weighted by atomic mass is 9.88. The Hall–Kier alpha value is -2.29. The monoisotopic (exact) mass is 250 g/mol. The van der Waals surface area contributed by atoms with E-state index in [1.165, 1.54) is 16.8 Å². The molecule has 0 fully saturated rings. The fourth-order valence-corrected chi connectivity index (χ4v) is 3.12. The van der Waals surface area contributed by atoms with Crippen LogP contribution in [0.5, 0.6) is 0 Å². The zero-order valence-corrected chi connectivity index (χ0v) is 10.7. The number of H-pyrrole nitrogens is 2. The molecule has 1 aliphatic carbocycles. The highest BCUT2D eigenvalue weighted by atomic mass is 16.1. The molecule has 94 valence electrons. The molecule has 0 saturated carbocycles. The van der Waals surface area contributed by atoms with Gasteiger partial charge in [-0.15, -0.1) is 0 Å². The largest absolute Gasteiger partial charge is 0.357 e. The Kier molecular flexibility index (Phi) is 2.01. The predicted molar refractivity (Wildman–Crippen MR) is 76.5 cm³/mol. The molecule has 2 heterocycles. The van der Waals surface area contributed by atoms with Gasteiger partial charge in [-0.05, 0) is 36.5 Å². The van der Waals surface area contributed by atoms with Crippen LogP contribution in [0.2, 0.25) is 0 Å². The van der Waals surface area contributed by atoms with Crippen molar-refractivity contribution in [3.63, 3.8) is 0 Å². The number of benzene rings is 1. The highest BCUT2D eigenvalue weighted by molar-refractivity contribution is 5.99. The third-order valence-electron chi connectivity index (χ3n) is 4.05. The number of pyridine rings is 1. The van der Waals surface area contributed by atoms with E-state index in [1.807, 2.05) is 13.0 Å². The minimum Gasteiger partial charge on any atom is -0.357 e. The van der Waals surface area contributed by atoms with Crippen LogP contribution in [0.4, 0.5) is 0 Å². The number of aryl methyl sites for hydroxylation is 3. The van der Waals surface area contributed by atoms with Crippen LogP contribution < -0.4 is 5.56 Å². The standard InChI is InChI=1S/C16H14N2O/c1-9-8-17-16(19)14-13-11-5-3-2-4-10(11)6-7-12(13)18-15(9)14/h2-5,8,18H,6-7H2,1H3,(H,17,19). The highest BCUT2D eigenvalue weighted by Crippen LogP contribution is 2.37. The minimum absolute atomic E-state index is 0.00481. The first-order valence-corrected chi connectivity index (χ1v) is 6.57. The number of fused-ring (bicyclic) bond motifs is 5. The van der Waals surface area contributed by atoms with Crippen LogP contribution in [-0.2, 0) is 12.8 Å². The van der Waals surface area contributed by atoms with E-state index >= 15 is 0 Å². The average Bonchev–Trinajstić information content (AvgIpc) is 2.84. The zero-order chi connectivity index (χ0) is 13.0. The number of nitrogens with one attached hydrogen (secondary N) is 2. The summed E-state index contributed by atoms with van der Waals surface area (Å²) in [6, 6.07) is 8.37. The number of rotatable bonds is 0. The molecule has 3 heteroatoms. The molecule has 0 spiro atoms. The van der Waals surface area contributed by atoms with Crippen LogP contribution in [0.1, 0.15) is 16.8 Å². The molecule has 0 bridgehead atoms. The maximum atomic E-state index is 12.2. The molecule has 0 atom stereocenters. The van der Waals surface area contributed by atoms with Crippen LogP contribution in [0.3, 0.4) is 0 Å². The molecule has 19 heavy (non-hydrogen) atoms. The van der Waals surface area contributed by atoms with Gasteiger partial charge in [0.05, 0.1) is 10.9 Å². The summed E-state index contributed by atoms with van der Waals surface area (Å²) in [6.45, 7) is 2.02. The molecule has 0 radical (unpaired) electrons. The van der Waals surface area contributed by atoms with Crippen LogP contribution in [0.15, 0.2) is 35.3 Å². The lowest BCUT2D eigenvalue weighted by Crippen LogP contribution is -2.08. The Bertz CT molecular complexity index is 855. The second kappa shape index (κ2) is 3.60. The Morgan fingerprint density at radius 3 is 2.89 bits per heavy atom. The lowest BCUT2D eigenvalue weighted by molar-refractivity contribution is 0.914. The van der Waals surface area contributed by atoms with E-state index in [9.17, 15) is 4.79 Å². The van der Waals surface area contributed by atoms with Gasteiger partial charge >= 0.3 is 0 Å². The van der Waals surface area contributed by atoms with Gasteiger partial charge in [-0.3, -0.25) is 4.79 Å². The Morgan fingerprint density at radius 2 is 2.00 bits per heavy atom. The highest BCUT2D eigenvalue weighted by Gasteiger charge is 2.22. The normalized spacial score (nSPS) is 13.3. The van der Waals surface area contributed by atoms with Crippen molar-refractivity contribution in [3.05, 3.63) is 57.6 Å². The van der Waals surface area contributed by atoms with Crippen molar-refractivity contribution in [1.29, 1.82) is 0 Å². The van der Waals surface area contributed by atoms with Gasteiger partial charge in [-0.2, -0.15) is 0 Å². The van der Waals surface area contributed by atoms with Crippen LogP contribution in [-0.4, -0.2) is 9.97 Å². The molecule has 0 unspecified atom stereocenters. The third kappa shape index (κ3) is 1.35. The molecule has 3 aromatic rings. The second-order valence-corrected chi connectivity index (χ2v) is 5.19. The summed E-state index contributed by atoms with van der Waals surface area (Å²) in [5.74, 6) is 0. The Labute approximate surface area is 110 Å². The fourth-order valence-electron chi connectivity index (χ4n) is 3.12. The van der Waals surface area contributed by atoms with Crippen molar-refractivity contribution in [2.45, 2.75) is 19.8 Å². The third-order valence-corrected chi connectivity index (χ3v) is 4.05. The summed E-state index contributed by atoms with van der Waals surface area (Å²) in [5, 5.41) is 0.808. The molecule has 2 aromatic heterocycles. The van der Waals surface area contributed by atoms with E-state index in [4.69, 9.17) is 0 Å². The van der Waals surface area contributed by atoms with Crippen LogP contribution >= 0.6 is 0 Å². The number of aromatic amines is 2. The molecule has 0 saturated heterocycles. The molecule has 0 amide bonds. The van der Waals surface area contributed by atoms with Crippen molar-refractivity contribution in [2.75, 3.05) is 0 Å². The van der Waals surface area contributed by atoms with E-state index in [0.717, 1.165) is 34.9 Å². The Morgan fingerprint density at radius 1 is 1.16 bits per heavy atom. The van der Waals surface area contributed by atoms with Gasteiger partial charge in [-0.25, -0.2) is 0 Å². The number of hydrogen-bond donors (Lipinski definition) is 2.